The first kappa shape index (κ1) is 21.0. The van der Waals surface area contributed by atoms with E-state index in [1.165, 1.54) is 30.3 Å². The number of nitrogens with zero attached hydrogens (tertiary/aromatic N) is 2. The fraction of sp³-hybridized carbons (Fsp3) is 0.0800. The minimum absolute atomic E-state index is 0.144. The molecule has 0 spiro atoms. The summed E-state index contributed by atoms with van der Waals surface area (Å²) in [5.41, 5.74) is 2.51. The first-order chi connectivity index (χ1) is 15.7. The van der Waals surface area contributed by atoms with E-state index in [1.54, 1.807) is 6.08 Å². The van der Waals surface area contributed by atoms with E-state index in [9.17, 15) is 9.18 Å². The Kier molecular flexibility index (Phi) is 6.67. The second-order valence-electron chi connectivity index (χ2n) is 6.80. The zero-order chi connectivity index (χ0) is 22.2. The molecular formula is C25H19FN2O4. The summed E-state index contributed by atoms with van der Waals surface area (Å²) in [6.45, 7) is 0.324. The van der Waals surface area contributed by atoms with Gasteiger partial charge in [-0.2, -0.15) is 4.98 Å². The van der Waals surface area contributed by atoms with Crippen LogP contribution in [0.4, 0.5) is 4.39 Å². The molecule has 4 aromatic rings. The summed E-state index contributed by atoms with van der Waals surface area (Å²) in [5, 5.41) is 3.80. The van der Waals surface area contributed by atoms with Gasteiger partial charge in [-0.1, -0.05) is 47.6 Å². The van der Waals surface area contributed by atoms with Gasteiger partial charge in [0.2, 0.25) is 5.82 Å². The van der Waals surface area contributed by atoms with Crippen molar-refractivity contribution >= 4 is 12.0 Å². The predicted molar refractivity (Wildman–Crippen MR) is 116 cm³/mol. The summed E-state index contributed by atoms with van der Waals surface area (Å²) >= 11 is 0. The van der Waals surface area contributed by atoms with Gasteiger partial charge in [0.25, 0.3) is 5.89 Å². The standard InChI is InChI=1S/C25H19FN2O4/c26-21-11-9-20(10-12-21)25-27-23(32-28-25)17-31-24(29)15-8-18-6-13-22(14-7-18)30-16-19-4-2-1-3-5-19/h1-15H,16-17H2/b15-8+. The molecule has 160 valence electrons. The summed E-state index contributed by atoms with van der Waals surface area (Å²) in [6.07, 6.45) is 2.96. The van der Waals surface area contributed by atoms with Crippen molar-refractivity contribution in [3.05, 3.63) is 108 Å². The molecule has 0 unspecified atom stereocenters. The Morgan fingerprint density at radius 3 is 2.44 bits per heavy atom. The minimum Gasteiger partial charge on any atom is -0.489 e. The molecule has 0 saturated carbocycles. The van der Waals surface area contributed by atoms with Crippen LogP contribution in [-0.2, 0) is 22.7 Å². The van der Waals surface area contributed by atoms with Crippen LogP contribution in [0.25, 0.3) is 17.5 Å². The summed E-state index contributed by atoms with van der Waals surface area (Å²) in [6, 6.07) is 22.9. The molecule has 0 N–H and O–H groups in total. The maximum atomic E-state index is 13.0. The molecule has 0 saturated heterocycles. The number of carbonyl (C=O) groups is 1. The maximum Gasteiger partial charge on any atom is 0.331 e. The molecule has 3 aromatic carbocycles. The molecule has 0 aliphatic carbocycles. The Balaban J connectivity index is 1.25. The summed E-state index contributed by atoms with van der Waals surface area (Å²) in [5.74, 6) is 0.276. The quantitative estimate of drug-likeness (QED) is 0.282. The van der Waals surface area contributed by atoms with Crippen LogP contribution in [0.1, 0.15) is 17.0 Å². The summed E-state index contributed by atoms with van der Waals surface area (Å²) in [7, 11) is 0. The lowest BCUT2D eigenvalue weighted by atomic mass is 10.2. The fourth-order valence-electron chi connectivity index (χ4n) is 2.79. The average Bonchev–Trinajstić information content (AvgIpc) is 3.31. The lowest BCUT2D eigenvalue weighted by Gasteiger charge is -2.06. The topological polar surface area (TPSA) is 74.5 Å². The zero-order valence-electron chi connectivity index (χ0n) is 17.0. The van der Waals surface area contributed by atoms with Crippen LogP contribution in [0.5, 0.6) is 5.75 Å². The highest BCUT2D eigenvalue weighted by molar-refractivity contribution is 5.87. The molecule has 1 heterocycles. The molecule has 0 aliphatic heterocycles. The van der Waals surface area contributed by atoms with Gasteiger partial charge in [0.05, 0.1) is 0 Å². The summed E-state index contributed by atoms with van der Waals surface area (Å²) < 4.78 is 28.9. The third-order valence-corrected chi connectivity index (χ3v) is 4.45. The van der Waals surface area contributed by atoms with Gasteiger partial charge in [0, 0.05) is 11.6 Å². The first-order valence-electron chi connectivity index (χ1n) is 9.86. The molecule has 0 amide bonds. The van der Waals surface area contributed by atoms with E-state index in [0.29, 0.717) is 18.0 Å². The normalized spacial score (nSPS) is 10.9. The molecule has 1 aromatic heterocycles. The lowest BCUT2D eigenvalue weighted by Crippen LogP contribution is -2.01. The molecule has 4 rings (SSSR count). The van der Waals surface area contributed by atoms with Gasteiger partial charge in [-0.05, 0) is 53.6 Å². The van der Waals surface area contributed by atoms with Gasteiger partial charge in [0.1, 0.15) is 18.2 Å². The second-order valence-corrected chi connectivity index (χ2v) is 6.80. The minimum atomic E-state index is -0.545. The third kappa shape index (κ3) is 5.89. The molecule has 6 nitrogen and oxygen atoms in total. The number of rotatable bonds is 8. The van der Waals surface area contributed by atoms with Crippen LogP contribution in [0.3, 0.4) is 0 Å². The smallest absolute Gasteiger partial charge is 0.331 e. The van der Waals surface area contributed by atoms with E-state index in [0.717, 1.165) is 16.9 Å². The Morgan fingerprint density at radius 1 is 0.938 bits per heavy atom. The molecule has 0 radical (unpaired) electrons. The van der Waals surface area contributed by atoms with Crippen molar-refractivity contribution in [2.24, 2.45) is 0 Å². The van der Waals surface area contributed by atoms with Crippen molar-refractivity contribution in [1.29, 1.82) is 0 Å². The molecule has 32 heavy (non-hydrogen) atoms. The number of carbonyl (C=O) groups excluding carboxylic acids is 1. The van der Waals surface area contributed by atoms with Crippen molar-refractivity contribution in [2.45, 2.75) is 13.2 Å². The van der Waals surface area contributed by atoms with Gasteiger partial charge in [-0.25, -0.2) is 9.18 Å². The monoisotopic (exact) mass is 430 g/mol. The van der Waals surface area contributed by atoms with Crippen LogP contribution >= 0.6 is 0 Å². The van der Waals surface area contributed by atoms with E-state index >= 15 is 0 Å². The number of hydrogen-bond acceptors (Lipinski definition) is 6. The molecule has 0 fully saturated rings. The molecular weight excluding hydrogens is 411 g/mol. The highest BCUT2D eigenvalue weighted by Crippen LogP contribution is 2.17. The van der Waals surface area contributed by atoms with Crippen molar-refractivity contribution in [2.75, 3.05) is 0 Å². The number of ether oxygens (including phenoxy) is 2. The number of aromatic nitrogens is 2. The lowest BCUT2D eigenvalue weighted by molar-refractivity contribution is -0.139. The first-order valence-corrected chi connectivity index (χ1v) is 9.86. The largest absolute Gasteiger partial charge is 0.489 e. The molecule has 7 heteroatoms. The fourth-order valence-corrected chi connectivity index (χ4v) is 2.79. The van der Waals surface area contributed by atoms with E-state index < -0.39 is 5.97 Å². The van der Waals surface area contributed by atoms with Crippen LogP contribution in [0.15, 0.2) is 89.5 Å². The molecule has 0 aliphatic rings. The SMILES string of the molecule is O=C(/C=C/c1ccc(OCc2ccccc2)cc1)OCc1nc(-c2ccc(F)cc2)no1. The molecule has 0 bridgehead atoms. The predicted octanol–water partition coefficient (Wildman–Crippen LogP) is 5.21. The van der Waals surface area contributed by atoms with Crippen molar-refractivity contribution < 1.29 is 23.2 Å². The van der Waals surface area contributed by atoms with Crippen LogP contribution in [0.2, 0.25) is 0 Å². The van der Waals surface area contributed by atoms with Crippen molar-refractivity contribution in [3.63, 3.8) is 0 Å². The van der Waals surface area contributed by atoms with E-state index in [-0.39, 0.29) is 18.3 Å². The van der Waals surface area contributed by atoms with Crippen LogP contribution < -0.4 is 4.74 Å². The van der Waals surface area contributed by atoms with Gasteiger partial charge >= 0.3 is 5.97 Å². The van der Waals surface area contributed by atoms with Gasteiger partial charge in [-0.3, -0.25) is 0 Å². The van der Waals surface area contributed by atoms with E-state index in [4.69, 9.17) is 14.0 Å². The number of esters is 1. The maximum absolute atomic E-state index is 13.0. The summed E-state index contributed by atoms with van der Waals surface area (Å²) in [4.78, 5) is 16.1. The average molecular weight is 430 g/mol. The number of halogens is 1. The Hall–Kier alpha value is -4.26. The second kappa shape index (κ2) is 10.2. The van der Waals surface area contributed by atoms with Gasteiger partial charge in [-0.15, -0.1) is 0 Å². The Morgan fingerprint density at radius 2 is 1.69 bits per heavy atom. The Bertz CT molecular complexity index is 1190. The van der Waals surface area contributed by atoms with E-state index in [1.807, 2.05) is 54.6 Å². The van der Waals surface area contributed by atoms with Crippen LogP contribution in [0, 0.1) is 5.82 Å². The third-order valence-electron chi connectivity index (χ3n) is 4.45. The highest BCUT2D eigenvalue weighted by atomic mass is 19.1. The van der Waals surface area contributed by atoms with Gasteiger partial charge < -0.3 is 14.0 Å². The van der Waals surface area contributed by atoms with Crippen LogP contribution in [-0.4, -0.2) is 16.1 Å². The Labute approximate surface area is 183 Å². The highest BCUT2D eigenvalue weighted by Gasteiger charge is 2.10. The molecule has 0 atom stereocenters. The van der Waals surface area contributed by atoms with Gasteiger partial charge in [0.15, 0.2) is 6.61 Å². The zero-order valence-corrected chi connectivity index (χ0v) is 17.0. The number of benzene rings is 3. The van der Waals surface area contributed by atoms with E-state index in [2.05, 4.69) is 10.1 Å². The number of hydrogen-bond donors (Lipinski definition) is 0. The van der Waals surface area contributed by atoms with Crippen molar-refractivity contribution in [1.82, 2.24) is 10.1 Å². The van der Waals surface area contributed by atoms with Crippen molar-refractivity contribution in [3.8, 4) is 17.1 Å².